The Morgan fingerprint density at radius 3 is 2.12 bits per heavy atom. The van der Waals surface area contributed by atoms with Gasteiger partial charge in [-0.15, -0.1) is 24.8 Å². The molecule has 2 aromatic carbocycles. The SMILES string of the molecule is CNCCCNCc1ccc(OCc2ccc(Cl)cc2)cc1.Cl.Cl. The molecule has 0 aliphatic rings. The number of benzene rings is 2. The zero-order chi connectivity index (χ0) is 15.6. The first-order valence-electron chi connectivity index (χ1n) is 7.59. The van der Waals surface area contributed by atoms with Crippen LogP contribution in [0, 0.1) is 0 Å². The highest BCUT2D eigenvalue weighted by molar-refractivity contribution is 6.30. The van der Waals surface area contributed by atoms with Gasteiger partial charge in [0.15, 0.2) is 0 Å². The average molecular weight is 392 g/mol. The standard InChI is InChI=1S/C18H23ClN2O.2ClH/c1-20-11-2-12-21-13-15-5-9-18(10-6-15)22-14-16-3-7-17(19)8-4-16;;/h3-10,20-21H,2,11-14H2,1H3;2*1H. The smallest absolute Gasteiger partial charge is 0.119 e. The summed E-state index contributed by atoms with van der Waals surface area (Å²) in [5.74, 6) is 0.883. The summed E-state index contributed by atoms with van der Waals surface area (Å²) in [6.45, 7) is 3.51. The van der Waals surface area contributed by atoms with Gasteiger partial charge in [-0.25, -0.2) is 0 Å². The monoisotopic (exact) mass is 390 g/mol. The first kappa shape index (κ1) is 23.0. The first-order chi connectivity index (χ1) is 10.8. The van der Waals surface area contributed by atoms with Crippen molar-refractivity contribution < 1.29 is 4.74 Å². The molecule has 0 bridgehead atoms. The summed E-state index contributed by atoms with van der Waals surface area (Å²) in [7, 11) is 1.97. The topological polar surface area (TPSA) is 33.3 Å². The third-order valence-corrected chi connectivity index (χ3v) is 3.60. The van der Waals surface area contributed by atoms with Gasteiger partial charge in [-0.05, 0) is 62.0 Å². The number of rotatable bonds is 9. The molecule has 0 fully saturated rings. The maximum atomic E-state index is 5.87. The van der Waals surface area contributed by atoms with E-state index in [4.69, 9.17) is 16.3 Å². The normalized spacial score (nSPS) is 9.75. The van der Waals surface area contributed by atoms with Crippen molar-refractivity contribution in [3.8, 4) is 5.75 Å². The van der Waals surface area contributed by atoms with Gasteiger partial charge in [0, 0.05) is 11.6 Å². The van der Waals surface area contributed by atoms with Crippen LogP contribution in [-0.2, 0) is 13.2 Å². The Hall–Kier alpha value is -0.970. The number of hydrogen-bond acceptors (Lipinski definition) is 3. The molecule has 0 unspecified atom stereocenters. The van der Waals surface area contributed by atoms with Crippen molar-refractivity contribution in [1.29, 1.82) is 0 Å². The summed E-state index contributed by atoms with van der Waals surface area (Å²) in [4.78, 5) is 0. The third-order valence-electron chi connectivity index (χ3n) is 3.35. The summed E-state index contributed by atoms with van der Waals surface area (Å²) < 4.78 is 5.77. The predicted octanol–water partition coefficient (Wildman–Crippen LogP) is 4.46. The lowest BCUT2D eigenvalue weighted by molar-refractivity contribution is 0.306. The minimum atomic E-state index is 0. The van der Waals surface area contributed by atoms with Crippen LogP contribution in [0.5, 0.6) is 5.75 Å². The minimum Gasteiger partial charge on any atom is -0.489 e. The Labute approximate surface area is 162 Å². The van der Waals surface area contributed by atoms with Gasteiger partial charge in [-0.3, -0.25) is 0 Å². The van der Waals surface area contributed by atoms with Crippen LogP contribution in [0.4, 0.5) is 0 Å². The number of ether oxygens (including phenoxy) is 1. The predicted molar refractivity (Wildman–Crippen MR) is 107 cm³/mol. The first-order valence-corrected chi connectivity index (χ1v) is 7.97. The molecule has 0 saturated carbocycles. The zero-order valence-electron chi connectivity index (χ0n) is 13.8. The molecule has 0 heterocycles. The van der Waals surface area contributed by atoms with Crippen LogP contribution in [0.1, 0.15) is 17.5 Å². The van der Waals surface area contributed by atoms with Crippen LogP contribution in [0.15, 0.2) is 48.5 Å². The largest absolute Gasteiger partial charge is 0.489 e. The lowest BCUT2D eigenvalue weighted by Crippen LogP contribution is -2.19. The van der Waals surface area contributed by atoms with Gasteiger partial charge in [-0.1, -0.05) is 35.9 Å². The Kier molecular flexibility index (Phi) is 12.8. The molecule has 2 aromatic rings. The number of hydrogen-bond donors (Lipinski definition) is 2. The van der Waals surface area contributed by atoms with Gasteiger partial charge >= 0.3 is 0 Å². The molecule has 24 heavy (non-hydrogen) atoms. The molecule has 0 spiro atoms. The van der Waals surface area contributed by atoms with E-state index < -0.39 is 0 Å². The molecule has 0 aromatic heterocycles. The molecule has 2 rings (SSSR count). The molecule has 0 aliphatic heterocycles. The highest BCUT2D eigenvalue weighted by atomic mass is 35.5. The van der Waals surface area contributed by atoms with Crippen molar-refractivity contribution in [2.24, 2.45) is 0 Å². The van der Waals surface area contributed by atoms with E-state index in [1.54, 1.807) is 0 Å². The van der Waals surface area contributed by atoms with E-state index in [1.165, 1.54) is 5.56 Å². The van der Waals surface area contributed by atoms with E-state index in [0.29, 0.717) is 6.61 Å². The molecule has 3 nitrogen and oxygen atoms in total. The van der Waals surface area contributed by atoms with Gasteiger partial charge in [0.05, 0.1) is 0 Å². The van der Waals surface area contributed by atoms with Gasteiger partial charge in [0.1, 0.15) is 12.4 Å². The summed E-state index contributed by atoms with van der Waals surface area (Å²) >= 11 is 5.87. The van der Waals surface area contributed by atoms with Gasteiger partial charge in [-0.2, -0.15) is 0 Å². The molecule has 0 radical (unpaired) electrons. The fourth-order valence-corrected chi connectivity index (χ4v) is 2.20. The molecule has 6 heteroatoms. The highest BCUT2D eigenvalue weighted by Crippen LogP contribution is 2.15. The number of nitrogens with one attached hydrogen (secondary N) is 2. The van der Waals surface area contributed by atoms with E-state index >= 15 is 0 Å². The van der Waals surface area contributed by atoms with E-state index in [9.17, 15) is 0 Å². The van der Waals surface area contributed by atoms with Crippen molar-refractivity contribution in [3.63, 3.8) is 0 Å². The molecular formula is C18H25Cl3N2O. The maximum absolute atomic E-state index is 5.87. The summed E-state index contributed by atoms with van der Waals surface area (Å²) in [6.07, 6.45) is 1.14. The van der Waals surface area contributed by atoms with Crippen LogP contribution < -0.4 is 15.4 Å². The van der Waals surface area contributed by atoms with Crippen LogP contribution in [0.3, 0.4) is 0 Å². The molecule has 2 N–H and O–H groups in total. The van der Waals surface area contributed by atoms with Crippen molar-refractivity contribution in [2.45, 2.75) is 19.6 Å². The Balaban J connectivity index is 0.00000264. The van der Waals surface area contributed by atoms with E-state index in [2.05, 4.69) is 22.8 Å². The van der Waals surface area contributed by atoms with Crippen molar-refractivity contribution in [3.05, 3.63) is 64.7 Å². The molecule has 0 saturated heterocycles. The number of halogens is 3. The second-order valence-corrected chi connectivity index (χ2v) is 5.63. The summed E-state index contributed by atoms with van der Waals surface area (Å²) in [5.41, 5.74) is 2.38. The minimum absolute atomic E-state index is 0. The van der Waals surface area contributed by atoms with Gasteiger partial charge < -0.3 is 15.4 Å². The van der Waals surface area contributed by atoms with Crippen LogP contribution in [-0.4, -0.2) is 20.1 Å². The van der Waals surface area contributed by atoms with Crippen LogP contribution >= 0.6 is 36.4 Å². The molecule has 134 valence electrons. The molecule has 0 atom stereocenters. The third kappa shape index (κ3) is 8.76. The maximum Gasteiger partial charge on any atom is 0.119 e. The van der Waals surface area contributed by atoms with Crippen LogP contribution in [0.2, 0.25) is 5.02 Å². The molecular weight excluding hydrogens is 367 g/mol. The van der Waals surface area contributed by atoms with Crippen molar-refractivity contribution in [2.75, 3.05) is 20.1 Å². The Bertz CT molecular complexity index is 547. The fraction of sp³-hybridized carbons (Fsp3) is 0.333. The van der Waals surface area contributed by atoms with Crippen LogP contribution in [0.25, 0.3) is 0 Å². The Morgan fingerprint density at radius 2 is 1.50 bits per heavy atom. The van der Waals surface area contributed by atoms with Gasteiger partial charge in [0.25, 0.3) is 0 Å². The van der Waals surface area contributed by atoms with E-state index in [-0.39, 0.29) is 24.8 Å². The lowest BCUT2D eigenvalue weighted by atomic mass is 10.2. The quantitative estimate of drug-likeness (QED) is 0.619. The van der Waals surface area contributed by atoms with E-state index in [0.717, 1.165) is 42.4 Å². The van der Waals surface area contributed by atoms with Crippen molar-refractivity contribution >= 4 is 36.4 Å². The fourth-order valence-electron chi connectivity index (χ4n) is 2.07. The second kappa shape index (κ2) is 13.3. The molecule has 0 aliphatic carbocycles. The van der Waals surface area contributed by atoms with Gasteiger partial charge in [0.2, 0.25) is 0 Å². The van der Waals surface area contributed by atoms with Crippen molar-refractivity contribution in [1.82, 2.24) is 10.6 Å². The van der Waals surface area contributed by atoms with E-state index in [1.807, 2.05) is 43.4 Å². The molecule has 0 amide bonds. The average Bonchev–Trinajstić information content (AvgIpc) is 2.55. The highest BCUT2D eigenvalue weighted by Gasteiger charge is 1.98. The summed E-state index contributed by atoms with van der Waals surface area (Å²) in [6, 6.07) is 15.9. The second-order valence-electron chi connectivity index (χ2n) is 5.19. The Morgan fingerprint density at radius 1 is 0.875 bits per heavy atom. The zero-order valence-corrected chi connectivity index (χ0v) is 16.1. The summed E-state index contributed by atoms with van der Waals surface area (Å²) in [5, 5.41) is 7.31. The lowest BCUT2D eigenvalue weighted by Gasteiger charge is -2.08.